The number of anilines is 1. The summed E-state index contributed by atoms with van der Waals surface area (Å²) in [6.45, 7) is 5.35. The van der Waals surface area contributed by atoms with Gasteiger partial charge in [0.25, 0.3) is 0 Å². The van der Waals surface area contributed by atoms with E-state index in [0.717, 1.165) is 57.0 Å². The summed E-state index contributed by atoms with van der Waals surface area (Å²) in [5.74, 6) is -0.376. The number of nitrogens with one attached hydrogen (secondary N) is 1. The smallest absolute Gasteiger partial charge is 0.379 e. The molecule has 1 aliphatic rings. The number of carbonyl (C=O) groups excluding carboxylic acids is 1. The first kappa shape index (κ1) is 17.7. The van der Waals surface area contributed by atoms with Crippen LogP contribution in [-0.2, 0) is 22.1 Å². The number of benzene rings is 1. The van der Waals surface area contributed by atoms with E-state index in [1.54, 1.807) is 0 Å². The Hall–Kier alpha value is -1.60. The van der Waals surface area contributed by atoms with E-state index in [1.165, 1.54) is 13.0 Å². The van der Waals surface area contributed by atoms with Gasteiger partial charge in [0.2, 0.25) is 5.91 Å². The Bertz CT molecular complexity index is 541. The van der Waals surface area contributed by atoms with Crippen molar-refractivity contribution in [2.75, 3.05) is 38.2 Å². The van der Waals surface area contributed by atoms with Crippen LogP contribution in [-0.4, -0.2) is 43.7 Å². The Balaban J connectivity index is 2.02. The Morgan fingerprint density at radius 1 is 1.30 bits per heavy atom. The predicted molar refractivity (Wildman–Crippen MR) is 81.3 cm³/mol. The molecule has 0 atom stereocenters. The minimum Gasteiger partial charge on any atom is -0.379 e. The fourth-order valence-corrected chi connectivity index (χ4v) is 2.59. The number of carbonyl (C=O) groups is 1. The molecule has 4 nitrogen and oxygen atoms in total. The van der Waals surface area contributed by atoms with Crippen molar-refractivity contribution >= 4 is 11.6 Å². The van der Waals surface area contributed by atoms with Gasteiger partial charge in [-0.05, 0) is 37.1 Å². The zero-order chi connectivity index (χ0) is 16.9. The highest BCUT2D eigenvalue weighted by Crippen LogP contribution is 2.32. The molecular formula is C16H21F3N2O2. The van der Waals surface area contributed by atoms with Crippen LogP contribution >= 0.6 is 0 Å². The standard InChI is InChI=1S/C16H21F3N2O2/c1-12(22)20-15-11-14(16(17,18)19)5-4-13(15)3-2-6-21-7-9-23-10-8-21/h4-5,11H,2-3,6-10H2,1H3,(H,20,22). The van der Waals surface area contributed by atoms with Gasteiger partial charge >= 0.3 is 6.18 Å². The lowest BCUT2D eigenvalue weighted by Gasteiger charge is -2.26. The van der Waals surface area contributed by atoms with E-state index < -0.39 is 11.7 Å². The lowest BCUT2D eigenvalue weighted by molar-refractivity contribution is -0.137. The average molecular weight is 330 g/mol. The van der Waals surface area contributed by atoms with Crippen LogP contribution in [0.4, 0.5) is 18.9 Å². The van der Waals surface area contributed by atoms with E-state index in [9.17, 15) is 18.0 Å². The molecule has 1 amide bonds. The van der Waals surface area contributed by atoms with Gasteiger partial charge in [0.1, 0.15) is 0 Å². The summed E-state index contributed by atoms with van der Waals surface area (Å²) in [5.41, 5.74) is 0.217. The van der Waals surface area contributed by atoms with Crippen molar-refractivity contribution in [3.8, 4) is 0 Å². The third kappa shape index (κ3) is 5.51. The fraction of sp³-hybridized carbons (Fsp3) is 0.562. The third-order valence-electron chi connectivity index (χ3n) is 3.77. The zero-order valence-corrected chi connectivity index (χ0v) is 13.1. The van der Waals surface area contributed by atoms with Gasteiger partial charge in [0, 0.05) is 25.7 Å². The van der Waals surface area contributed by atoms with Crippen LogP contribution in [0.15, 0.2) is 18.2 Å². The normalized spacial score (nSPS) is 16.3. The summed E-state index contributed by atoms with van der Waals surface area (Å²) >= 11 is 0. The molecule has 2 rings (SSSR count). The molecule has 1 aromatic rings. The second-order valence-electron chi connectivity index (χ2n) is 5.61. The van der Waals surface area contributed by atoms with Gasteiger partial charge in [-0.3, -0.25) is 9.69 Å². The van der Waals surface area contributed by atoms with E-state index >= 15 is 0 Å². The Morgan fingerprint density at radius 3 is 2.61 bits per heavy atom. The molecule has 1 heterocycles. The number of morpholine rings is 1. The molecular weight excluding hydrogens is 309 g/mol. The van der Waals surface area contributed by atoms with Crippen molar-refractivity contribution < 1.29 is 22.7 Å². The number of rotatable bonds is 5. The van der Waals surface area contributed by atoms with Crippen LogP contribution in [0.3, 0.4) is 0 Å². The van der Waals surface area contributed by atoms with Crippen molar-refractivity contribution in [3.63, 3.8) is 0 Å². The van der Waals surface area contributed by atoms with Gasteiger partial charge in [-0.25, -0.2) is 0 Å². The van der Waals surface area contributed by atoms with Crippen LogP contribution in [0.5, 0.6) is 0 Å². The number of ether oxygens (including phenoxy) is 1. The molecule has 0 aliphatic carbocycles. The molecule has 1 fully saturated rings. The third-order valence-corrected chi connectivity index (χ3v) is 3.77. The van der Waals surface area contributed by atoms with Gasteiger partial charge < -0.3 is 10.1 Å². The molecule has 0 saturated carbocycles. The minimum atomic E-state index is -4.42. The molecule has 1 aromatic carbocycles. The Morgan fingerprint density at radius 2 is 2.00 bits per heavy atom. The van der Waals surface area contributed by atoms with Gasteiger partial charge in [-0.1, -0.05) is 6.07 Å². The van der Waals surface area contributed by atoms with E-state index in [-0.39, 0.29) is 11.6 Å². The van der Waals surface area contributed by atoms with Gasteiger partial charge in [0.05, 0.1) is 18.8 Å². The van der Waals surface area contributed by atoms with Crippen LogP contribution in [0.2, 0.25) is 0 Å². The molecule has 1 N–H and O–H groups in total. The molecule has 0 radical (unpaired) electrons. The molecule has 0 spiro atoms. The minimum absolute atomic E-state index is 0.245. The second-order valence-corrected chi connectivity index (χ2v) is 5.61. The highest BCUT2D eigenvalue weighted by atomic mass is 19.4. The van der Waals surface area contributed by atoms with E-state index in [0.29, 0.717) is 6.42 Å². The predicted octanol–water partition coefficient (Wildman–Crippen LogP) is 2.93. The highest BCUT2D eigenvalue weighted by molar-refractivity contribution is 5.89. The fourth-order valence-electron chi connectivity index (χ4n) is 2.59. The van der Waals surface area contributed by atoms with E-state index in [4.69, 9.17) is 4.74 Å². The lowest BCUT2D eigenvalue weighted by atomic mass is 10.0. The summed E-state index contributed by atoms with van der Waals surface area (Å²) in [6.07, 6.45) is -2.98. The molecule has 0 unspecified atom stereocenters. The summed E-state index contributed by atoms with van der Waals surface area (Å²) < 4.78 is 43.7. The van der Waals surface area contributed by atoms with Gasteiger partial charge in [0.15, 0.2) is 0 Å². The van der Waals surface area contributed by atoms with Gasteiger partial charge in [-0.15, -0.1) is 0 Å². The van der Waals surface area contributed by atoms with Crippen LogP contribution in [0, 0.1) is 0 Å². The Kier molecular flexibility index (Phi) is 6.01. The molecule has 0 aromatic heterocycles. The number of nitrogens with zero attached hydrogens (tertiary/aromatic N) is 1. The van der Waals surface area contributed by atoms with E-state index in [1.807, 2.05) is 0 Å². The number of hydrogen-bond donors (Lipinski definition) is 1. The number of hydrogen-bond acceptors (Lipinski definition) is 3. The lowest BCUT2D eigenvalue weighted by Crippen LogP contribution is -2.36. The maximum atomic E-state index is 12.8. The molecule has 23 heavy (non-hydrogen) atoms. The largest absolute Gasteiger partial charge is 0.416 e. The van der Waals surface area contributed by atoms with E-state index in [2.05, 4.69) is 10.2 Å². The van der Waals surface area contributed by atoms with Crippen molar-refractivity contribution in [2.24, 2.45) is 0 Å². The van der Waals surface area contributed by atoms with Gasteiger partial charge in [-0.2, -0.15) is 13.2 Å². The SMILES string of the molecule is CC(=O)Nc1cc(C(F)(F)F)ccc1CCCN1CCOCC1. The molecule has 0 bridgehead atoms. The monoisotopic (exact) mass is 330 g/mol. The summed E-state index contributed by atoms with van der Waals surface area (Å²) in [4.78, 5) is 13.5. The molecule has 1 saturated heterocycles. The first-order chi connectivity index (χ1) is 10.9. The first-order valence-electron chi connectivity index (χ1n) is 7.64. The zero-order valence-electron chi connectivity index (χ0n) is 13.1. The maximum absolute atomic E-state index is 12.8. The van der Waals surface area contributed by atoms with Crippen LogP contribution in [0.1, 0.15) is 24.5 Å². The number of alkyl halides is 3. The van der Waals surface area contributed by atoms with Crippen molar-refractivity contribution in [1.29, 1.82) is 0 Å². The van der Waals surface area contributed by atoms with Crippen molar-refractivity contribution in [1.82, 2.24) is 4.90 Å². The molecule has 7 heteroatoms. The Labute approximate surface area is 133 Å². The quantitative estimate of drug-likeness (QED) is 0.902. The second kappa shape index (κ2) is 7.79. The number of halogens is 3. The summed E-state index contributed by atoms with van der Waals surface area (Å²) in [6, 6.07) is 3.52. The van der Waals surface area contributed by atoms with Crippen LogP contribution < -0.4 is 5.32 Å². The number of amides is 1. The average Bonchev–Trinajstić information content (AvgIpc) is 2.48. The first-order valence-corrected chi connectivity index (χ1v) is 7.64. The summed E-state index contributed by atoms with van der Waals surface area (Å²) in [5, 5.41) is 2.50. The molecule has 128 valence electrons. The van der Waals surface area contributed by atoms with Crippen molar-refractivity contribution in [3.05, 3.63) is 29.3 Å². The maximum Gasteiger partial charge on any atom is 0.416 e. The highest BCUT2D eigenvalue weighted by Gasteiger charge is 2.31. The summed E-state index contributed by atoms with van der Waals surface area (Å²) in [7, 11) is 0. The topological polar surface area (TPSA) is 41.6 Å². The van der Waals surface area contributed by atoms with Crippen molar-refractivity contribution in [2.45, 2.75) is 25.9 Å². The number of aryl methyl sites for hydroxylation is 1. The van der Waals surface area contributed by atoms with Crippen LogP contribution in [0.25, 0.3) is 0 Å². The molecule has 1 aliphatic heterocycles.